The Morgan fingerprint density at radius 1 is 1.35 bits per heavy atom. The number of nitrogens with two attached hydrogens (primary N) is 2. The van der Waals surface area contributed by atoms with Crippen molar-refractivity contribution in [3.63, 3.8) is 0 Å². The fraction of sp³-hybridized carbons (Fsp3) is 0.364. The number of benzene rings is 1. The van der Waals surface area contributed by atoms with Crippen LogP contribution < -0.4 is 20.9 Å². The van der Waals surface area contributed by atoms with Crippen molar-refractivity contribution >= 4 is 5.91 Å². The minimum atomic E-state index is -0.559. The number of carbonyl (C=O) groups is 1. The summed E-state index contributed by atoms with van der Waals surface area (Å²) in [5.74, 6) is -0.132. The highest BCUT2D eigenvalue weighted by atomic mass is 16.5. The van der Waals surface area contributed by atoms with Crippen LogP contribution in [0.25, 0.3) is 0 Å². The average molecular weight is 240 g/mol. The number of hydrogen-bond acceptors (Lipinski definition) is 5. The maximum atomic E-state index is 10.8. The van der Waals surface area contributed by atoms with Crippen molar-refractivity contribution in [3.8, 4) is 17.2 Å². The molecule has 0 saturated heterocycles. The van der Waals surface area contributed by atoms with Gasteiger partial charge in [0.25, 0.3) is 0 Å². The molecule has 0 radical (unpaired) electrons. The zero-order chi connectivity index (χ0) is 13.0. The van der Waals surface area contributed by atoms with E-state index in [1.165, 1.54) is 14.2 Å². The molecule has 0 saturated carbocycles. The Balaban J connectivity index is 3.12. The van der Waals surface area contributed by atoms with E-state index >= 15 is 0 Å². The second-order valence-corrected chi connectivity index (χ2v) is 3.55. The van der Waals surface area contributed by atoms with E-state index in [0.29, 0.717) is 5.56 Å². The van der Waals surface area contributed by atoms with Crippen molar-refractivity contribution in [1.29, 1.82) is 0 Å². The number of phenolic OH excluding ortho intramolecular Hbond substituents is 1. The van der Waals surface area contributed by atoms with Gasteiger partial charge in [0.15, 0.2) is 11.5 Å². The van der Waals surface area contributed by atoms with Gasteiger partial charge < -0.3 is 26.0 Å². The van der Waals surface area contributed by atoms with Gasteiger partial charge in [-0.25, -0.2) is 0 Å². The molecule has 0 aromatic heterocycles. The number of carbonyl (C=O) groups excluding carboxylic acids is 1. The summed E-state index contributed by atoms with van der Waals surface area (Å²) in [4.78, 5) is 10.8. The van der Waals surface area contributed by atoms with E-state index in [9.17, 15) is 9.90 Å². The SMILES string of the molecule is COc1cc(C(N)CC(N)=O)cc(OC)c1O. The monoisotopic (exact) mass is 240 g/mol. The van der Waals surface area contributed by atoms with Crippen LogP contribution in [0.4, 0.5) is 0 Å². The lowest BCUT2D eigenvalue weighted by atomic mass is 10.0. The van der Waals surface area contributed by atoms with Gasteiger partial charge in [-0.05, 0) is 17.7 Å². The number of ether oxygens (including phenoxy) is 2. The summed E-state index contributed by atoms with van der Waals surface area (Å²) < 4.78 is 9.96. The molecule has 1 unspecified atom stereocenters. The predicted molar refractivity (Wildman–Crippen MR) is 62.0 cm³/mol. The summed E-state index contributed by atoms with van der Waals surface area (Å²) in [6.45, 7) is 0. The van der Waals surface area contributed by atoms with Gasteiger partial charge in [0.1, 0.15) is 0 Å². The highest BCUT2D eigenvalue weighted by Gasteiger charge is 2.16. The molecule has 6 nitrogen and oxygen atoms in total. The minimum absolute atomic E-state index is 0.0110. The highest BCUT2D eigenvalue weighted by Crippen LogP contribution is 2.38. The maximum Gasteiger partial charge on any atom is 0.219 e. The number of primary amides is 1. The number of amides is 1. The van der Waals surface area contributed by atoms with Gasteiger partial charge in [-0.2, -0.15) is 0 Å². The van der Waals surface area contributed by atoms with Crippen LogP contribution in [0.5, 0.6) is 17.2 Å². The Kier molecular flexibility index (Phi) is 4.17. The van der Waals surface area contributed by atoms with Gasteiger partial charge >= 0.3 is 0 Å². The molecule has 0 fully saturated rings. The first-order valence-corrected chi connectivity index (χ1v) is 4.98. The fourth-order valence-electron chi connectivity index (χ4n) is 1.46. The second kappa shape index (κ2) is 5.40. The number of methoxy groups -OCH3 is 2. The van der Waals surface area contributed by atoms with Crippen LogP contribution in [0.15, 0.2) is 12.1 Å². The Morgan fingerprint density at radius 3 is 2.18 bits per heavy atom. The van der Waals surface area contributed by atoms with Crippen LogP contribution in [-0.4, -0.2) is 25.2 Å². The van der Waals surface area contributed by atoms with E-state index in [1.54, 1.807) is 12.1 Å². The third-order valence-electron chi connectivity index (χ3n) is 2.35. The van der Waals surface area contributed by atoms with Crippen molar-refractivity contribution in [3.05, 3.63) is 17.7 Å². The summed E-state index contributed by atoms with van der Waals surface area (Å²) in [5, 5.41) is 9.69. The van der Waals surface area contributed by atoms with Gasteiger partial charge in [0.05, 0.1) is 14.2 Å². The first kappa shape index (κ1) is 13.1. The normalized spacial score (nSPS) is 11.9. The molecule has 1 amide bonds. The standard InChI is InChI=1S/C11H16N2O4/c1-16-8-3-6(7(12)5-10(13)14)4-9(17-2)11(8)15/h3-4,7,15H,5,12H2,1-2H3,(H2,13,14). The Hall–Kier alpha value is -1.95. The lowest BCUT2D eigenvalue weighted by molar-refractivity contribution is -0.118. The molecule has 0 spiro atoms. The van der Waals surface area contributed by atoms with Gasteiger partial charge in [0.2, 0.25) is 11.7 Å². The van der Waals surface area contributed by atoms with Crippen molar-refractivity contribution in [2.75, 3.05) is 14.2 Å². The molecule has 5 N–H and O–H groups in total. The summed E-state index contributed by atoms with van der Waals surface area (Å²) in [7, 11) is 2.83. The zero-order valence-electron chi connectivity index (χ0n) is 9.77. The van der Waals surface area contributed by atoms with E-state index in [-0.39, 0.29) is 23.7 Å². The molecular weight excluding hydrogens is 224 g/mol. The molecule has 17 heavy (non-hydrogen) atoms. The van der Waals surface area contributed by atoms with Crippen LogP contribution in [0.1, 0.15) is 18.0 Å². The van der Waals surface area contributed by atoms with Gasteiger partial charge in [-0.3, -0.25) is 4.79 Å². The number of hydrogen-bond donors (Lipinski definition) is 3. The fourth-order valence-corrected chi connectivity index (χ4v) is 1.46. The van der Waals surface area contributed by atoms with E-state index < -0.39 is 11.9 Å². The molecule has 94 valence electrons. The Labute approximate surface area is 99.1 Å². The lowest BCUT2D eigenvalue weighted by Crippen LogP contribution is -2.20. The number of rotatable bonds is 5. The molecular formula is C11H16N2O4. The second-order valence-electron chi connectivity index (χ2n) is 3.55. The van der Waals surface area contributed by atoms with Crippen molar-refractivity contribution in [2.24, 2.45) is 11.5 Å². The van der Waals surface area contributed by atoms with E-state index in [4.69, 9.17) is 20.9 Å². The third-order valence-corrected chi connectivity index (χ3v) is 2.35. The molecule has 0 bridgehead atoms. The van der Waals surface area contributed by atoms with Gasteiger partial charge in [0, 0.05) is 12.5 Å². The first-order chi connectivity index (χ1) is 7.99. The molecule has 1 atom stereocenters. The number of phenols is 1. The van der Waals surface area contributed by atoms with E-state index in [0.717, 1.165) is 0 Å². The summed E-state index contributed by atoms with van der Waals surface area (Å²) in [6.07, 6.45) is 0.0110. The largest absolute Gasteiger partial charge is 0.502 e. The minimum Gasteiger partial charge on any atom is -0.502 e. The van der Waals surface area contributed by atoms with Gasteiger partial charge in [-0.1, -0.05) is 0 Å². The molecule has 1 aromatic rings. The average Bonchev–Trinajstić information content (AvgIpc) is 2.28. The first-order valence-electron chi connectivity index (χ1n) is 4.98. The molecule has 0 heterocycles. The van der Waals surface area contributed by atoms with E-state index in [2.05, 4.69) is 0 Å². The Bertz CT molecular complexity index is 395. The van der Waals surface area contributed by atoms with Crippen LogP contribution in [0.2, 0.25) is 0 Å². The van der Waals surface area contributed by atoms with Crippen LogP contribution in [-0.2, 0) is 4.79 Å². The Morgan fingerprint density at radius 2 is 1.82 bits per heavy atom. The predicted octanol–water partition coefficient (Wildman–Crippen LogP) is 0.285. The molecule has 0 aliphatic rings. The topological polar surface area (TPSA) is 108 Å². The lowest BCUT2D eigenvalue weighted by Gasteiger charge is -2.15. The van der Waals surface area contributed by atoms with Crippen LogP contribution in [0.3, 0.4) is 0 Å². The molecule has 6 heteroatoms. The maximum absolute atomic E-state index is 10.8. The summed E-state index contributed by atoms with van der Waals surface area (Å²) in [6, 6.07) is 2.53. The molecule has 0 aliphatic carbocycles. The number of aromatic hydroxyl groups is 1. The van der Waals surface area contributed by atoms with Crippen molar-refractivity contribution < 1.29 is 19.4 Å². The van der Waals surface area contributed by atoms with E-state index in [1.807, 2.05) is 0 Å². The molecule has 0 aliphatic heterocycles. The smallest absolute Gasteiger partial charge is 0.219 e. The van der Waals surface area contributed by atoms with Crippen LogP contribution >= 0.6 is 0 Å². The highest BCUT2D eigenvalue weighted by molar-refractivity contribution is 5.74. The zero-order valence-corrected chi connectivity index (χ0v) is 9.77. The summed E-state index contributed by atoms with van der Waals surface area (Å²) >= 11 is 0. The summed E-state index contributed by atoms with van der Waals surface area (Å²) in [5.41, 5.74) is 11.5. The molecule has 1 rings (SSSR count). The molecule has 1 aromatic carbocycles. The van der Waals surface area contributed by atoms with Gasteiger partial charge in [-0.15, -0.1) is 0 Å². The third kappa shape index (κ3) is 3.01. The van der Waals surface area contributed by atoms with Crippen LogP contribution in [0, 0.1) is 0 Å². The van der Waals surface area contributed by atoms with Crippen molar-refractivity contribution in [2.45, 2.75) is 12.5 Å². The quantitative estimate of drug-likeness (QED) is 0.685. The van der Waals surface area contributed by atoms with Crippen molar-refractivity contribution in [1.82, 2.24) is 0 Å².